The highest BCUT2D eigenvalue weighted by Gasteiger charge is 1.86. The zero-order chi connectivity index (χ0) is 5.11. The summed E-state index contributed by atoms with van der Waals surface area (Å²) < 4.78 is 0. The van der Waals surface area contributed by atoms with Crippen molar-refractivity contribution in [1.82, 2.24) is 5.43 Å². The molecule has 1 heterocycles. The fourth-order valence-corrected chi connectivity index (χ4v) is 0.408. The normalized spacial score (nSPS) is 18.1. The third kappa shape index (κ3) is 0.994. The van der Waals surface area contributed by atoms with Crippen LogP contribution in [0.5, 0.6) is 0 Å². The summed E-state index contributed by atoms with van der Waals surface area (Å²) in [6, 6.07) is 0. The van der Waals surface area contributed by atoms with Crippen molar-refractivity contribution >= 4 is 12.1 Å². The predicted molar refractivity (Wildman–Crippen MR) is 29.6 cm³/mol. The van der Waals surface area contributed by atoms with Crippen LogP contribution in [0.2, 0.25) is 0 Å². The van der Waals surface area contributed by atoms with Crippen LogP contribution in [0.15, 0.2) is 10.1 Å². The van der Waals surface area contributed by atoms with E-state index in [0.717, 1.165) is 12.4 Å². The Morgan fingerprint density at radius 2 is 2.71 bits per heavy atom. The molecule has 0 saturated carbocycles. The first-order valence-corrected chi connectivity index (χ1v) is 2.19. The largest absolute Gasteiger partial charge is 0.303 e. The minimum atomic E-state index is 0.761. The molecule has 0 spiro atoms. The molecule has 1 rings (SSSR count). The van der Waals surface area contributed by atoms with Gasteiger partial charge in [-0.1, -0.05) is 0 Å². The zero-order valence-electron chi connectivity index (χ0n) is 4.18. The molecular formula is C4H7N3. The smallest absolute Gasteiger partial charge is 0.144 e. The number of hydrazone groups is 1. The summed E-state index contributed by atoms with van der Waals surface area (Å²) in [6.45, 7) is 2.61. The Bertz CT molecular complexity index is 114. The quantitative estimate of drug-likeness (QED) is 0.453. The van der Waals surface area contributed by atoms with Gasteiger partial charge in [0.25, 0.3) is 0 Å². The molecule has 0 aromatic rings. The molecule has 3 heteroatoms. The molecule has 1 aliphatic heterocycles. The van der Waals surface area contributed by atoms with E-state index in [4.69, 9.17) is 0 Å². The van der Waals surface area contributed by atoms with Crippen LogP contribution < -0.4 is 5.43 Å². The number of aliphatic imine (C=N–C) groups is 1. The van der Waals surface area contributed by atoms with Gasteiger partial charge < -0.3 is 5.43 Å². The summed E-state index contributed by atoms with van der Waals surface area (Å²) in [6.07, 6.45) is 1.79. The summed E-state index contributed by atoms with van der Waals surface area (Å²) in [5, 5.41) is 3.80. The topological polar surface area (TPSA) is 36.8 Å². The molecule has 0 aromatic heterocycles. The van der Waals surface area contributed by atoms with E-state index in [1.165, 1.54) is 0 Å². The van der Waals surface area contributed by atoms with E-state index in [1.54, 1.807) is 6.21 Å². The molecule has 0 radical (unpaired) electrons. The Labute approximate surface area is 42.1 Å². The van der Waals surface area contributed by atoms with Crippen LogP contribution in [-0.2, 0) is 0 Å². The molecule has 3 nitrogen and oxygen atoms in total. The molecule has 0 amide bonds. The Morgan fingerprint density at radius 1 is 1.86 bits per heavy atom. The first kappa shape index (κ1) is 4.30. The lowest BCUT2D eigenvalue weighted by molar-refractivity contribution is 0.838. The third-order valence-electron chi connectivity index (χ3n) is 0.702. The van der Waals surface area contributed by atoms with Crippen molar-refractivity contribution in [2.24, 2.45) is 10.1 Å². The summed E-state index contributed by atoms with van der Waals surface area (Å²) in [4.78, 5) is 3.89. The van der Waals surface area contributed by atoms with Crippen LogP contribution in [0, 0.1) is 0 Å². The fourth-order valence-electron chi connectivity index (χ4n) is 0.408. The van der Waals surface area contributed by atoms with Gasteiger partial charge in [-0.25, -0.2) is 4.99 Å². The van der Waals surface area contributed by atoms with E-state index in [0.29, 0.717) is 0 Å². The SMILES string of the molecule is CC1=NNCC=N1. The van der Waals surface area contributed by atoms with E-state index in [1.807, 2.05) is 6.92 Å². The molecule has 1 aliphatic rings. The van der Waals surface area contributed by atoms with Crippen molar-refractivity contribution in [3.8, 4) is 0 Å². The van der Waals surface area contributed by atoms with Crippen molar-refractivity contribution in [2.45, 2.75) is 6.92 Å². The molecule has 0 aromatic carbocycles. The first-order valence-electron chi connectivity index (χ1n) is 2.19. The van der Waals surface area contributed by atoms with E-state index >= 15 is 0 Å². The number of hydrogen-bond donors (Lipinski definition) is 1. The van der Waals surface area contributed by atoms with Crippen LogP contribution >= 0.6 is 0 Å². The molecule has 0 bridgehead atoms. The summed E-state index contributed by atoms with van der Waals surface area (Å²) in [7, 11) is 0. The second-order valence-electron chi connectivity index (χ2n) is 1.33. The summed E-state index contributed by atoms with van der Waals surface area (Å²) in [5.41, 5.74) is 2.77. The summed E-state index contributed by atoms with van der Waals surface area (Å²) >= 11 is 0. The highest BCUT2D eigenvalue weighted by molar-refractivity contribution is 5.89. The highest BCUT2D eigenvalue weighted by atomic mass is 15.3. The number of rotatable bonds is 0. The number of amidine groups is 1. The van der Waals surface area contributed by atoms with Crippen molar-refractivity contribution in [3.63, 3.8) is 0 Å². The Hall–Kier alpha value is -0.860. The number of hydrogen-bond acceptors (Lipinski definition) is 3. The minimum Gasteiger partial charge on any atom is -0.303 e. The van der Waals surface area contributed by atoms with Crippen LogP contribution in [0.25, 0.3) is 0 Å². The molecule has 1 N–H and O–H groups in total. The third-order valence-corrected chi connectivity index (χ3v) is 0.702. The van der Waals surface area contributed by atoms with Gasteiger partial charge in [0, 0.05) is 6.21 Å². The first-order chi connectivity index (χ1) is 3.39. The maximum Gasteiger partial charge on any atom is 0.144 e. The molecule has 0 unspecified atom stereocenters. The maximum absolute atomic E-state index is 3.89. The maximum atomic E-state index is 3.89. The highest BCUT2D eigenvalue weighted by Crippen LogP contribution is 1.78. The Kier molecular flexibility index (Phi) is 1.06. The predicted octanol–water partition coefficient (Wildman–Crippen LogP) is -0.00620. The van der Waals surface area contributed by atoms with Gasteiger partial charge in [-0.15, -0.1) is 0 Å². The van der Waals surface area contributed by atoms with Gasteiger partial charge in [-0.2, -0.15) is 5.10 Å². The van der Waals surface area contributed by atoms with Crippen LogP contribution in [0.4, 0.5) is 0 Å². The van der Waals surface area contributed by atoms with Crippen LogP contribution in [0.3, 0.4) is 0 Å². The molecule has 0 atom stereocenters. The van der Waals surface area contributed by atoms with E-state index in [-0.39, 0.29) is 0 Å². The second kappa shape index (κ2) is 1.73. The van der Waals surface area contributed by atoms with Gasteiger partial charge in [0.2, 0.25) is 0 Å². The van der Waals surface area contributed by atoms with Crippen molar-refractivity contribution in [1.29, 1.82) is 0 Å². The second-order valence-corrected chi connectivity index (χ2v) is 1.33. The van der Waals surface area contributed by atoms with E-state index < -0.39 is 0 Å². The number of nitrogens with zero attached hydrogens (tertiary/aromatic N) is 2. The monoisotopic (exact) mass is 97.1 g/mol. The minimum absolute atomic E-state index is 0.761. The van der Waals surface area contributed by atoms with Crippen LogP contribution in [0.1, 0.15) is 6.92 Å². The molecule has 0 aliphatic carbocycles. The van der Waals surface area contributed by atoms with Crippen molar-refractivity contribution < 1.29 is 0 Å². The van der Waals surface area contributed by atoms with Gasteiger partial charge >= 0.3 is 0 Å². The fraction of sp³-hybridized carbons (Fsp3) is 0.500. The average Bonchev–Trinajstić information content (AvgIpc) is 1.69. The van der Waals surface area contributed by atoms with Gasteiger partial charge in [0.05, 0.1) is 6.54 Å². The van der Waals surface area contributed by atoms with Gasteiger partial charge in [-0.05, 0) is 6.92 Å². The molecular weight excluding hydrogens is 90.1 g/mol. The van der Waals surface area contributed by atoms with Crippen molar-refractivity contribution in [2.75, 3.05) is 6.54 Å². The van der Waals surface area contributed by atoms with Gasteiger partial charge in [0.15, 0.2) is 0 Å². The molecule has 0 saturated heterocycles. The number of nitrogens with one attached hydrogen (secondary N) is 1. The summed E-state index contributed by atoms with van der Waals surface area (Å²) in [5.74, 6) is 0.797. The zero-order valence-corrected chi connectivity index (χ0v) is 4.18. The van der Waals surface area contributed by atoms with Crippen LogP contribution in [-0.4, -0.2) is 18.6 Å². The molecule has 0 fully saturated rings. The lowest BCUT2D eigenvalue weighted by atomic mass is 10.6. The standard InChI is InChI=1S/C4H7N3/c1-4-5-2-3-6-7-4/h2,6H,3H2,1H3. The van der Waals surface area contributed by atoms with E-state index in [9.17, 15) is 0 Å². The lowest BCUT2D eigenvalue weighted by Gasteiger charge is -1.99. The molecule has 38 valence electrons. The van der Waals surface area contributed by atoms with E-state index in [2.05, 4.69) is 15.5 Å². The van der Waals surface area contributed by atoms with Gasteiger partial charge in [-0.3, -0.25) is 0 Å². The Morgan fingerprint density at radius 3 is 3.00 bits per heavy atom. The Balaban J connectivity index is 2.58. The lowest BCUT2D eigenvalue weighted by Crippen LogP contribution is -2.15. The van der Waals surface area contributed by atoms with Crippen molar-refractivity contribution in [3.05, 3.63) is 0 Å². The average molecular weight is 97.1 g/mol. The molecule has 7 heavy (non-hydrogen) atoms. The van der Waals surface area contributed by atoms with Gasteiger partial charge in [0.1, 0.15) is 5.84 Å².